The molecule has 0 rings (SSSR count). The van der Waals surface area contributed by atoms with Crippen LogP contribution in [0.5, 0.6) is 0 Å². The van der Waals surface area contributed by atoms with Gasteiger partial charge in [-0.15, -0.1) is 0 Å². The summed E-state index contributed by atoms with van der Waals surface area (Å²) in [4.78, 5) is 3.99. The molecule has 0 spiro atoms. The lowest BCUT2D eigenvalue weighted by molar-refractivity contribution is 0.759. The van der Waals surface area contributed by atoms with Crippen molar-refractivity contribution in [3.8, 4) is 0 Å². The third kappa shape index (κ3) is 3.56. The molecule has 0 aromatic heterocycles. The molecule has 2 heteroatoms. The molecule has 2 N–H and O–H groups in total. The van der Waals surface area contributed by atoms with Crippen molar-refractivity contribution >= 4 is 6.21 Å². The highest BCUT2D eigenvalue weighted by molar-refractivity contribution is 5.70. The second-order valence-electron chi connectivity index (χ2n) is 1.62. The fraction of sp³-hybridized carbons (Fsp3) is 0.500. The average Bonchev–Trinajstić information content (AvgIpc) is 1.83. The monoisotopic (exact) mass is 112 g/mol. The van der Waals surface area contributed by atoms with E-state index in [2.05, 4.69) is 11.6 Å². The van der Waals surface area contributed by atoms with E-state index in [1.807, 2.05) is 6.92 Å². The molecule has 0 saturated carbocycles. The smallest absolute Gasteiger partial charge is 0.0593 e. The van der Waals surface area contributed by atoms with E-state index in [4.69, 9.17) is 5.73 Å². The van der Waals surface area contributed by atoms with E-state index in [1.165, 1.54) is 0 Å². The molecule has 0 aromatic carbocycles. The Morgan fingerprint density at radius 3 is 2.88 bits per heavy atom. The van der Waals surface area contributed by atoms with Crippen LogP contribution in [0.15, 0.2) is 17.6 Å². The van der Waals surface area contributed by atoms with Crippen LogP contribution >= 0.6 is 0 Å². The Labute approximate surface area is 50.1 Å². The zero-order valence-electron chi connectivity index (χ0n) is 5.17. The summed E-state index contributed by atoms with van der Waals surface area (Å²) in [5.74, 6) is 0. The minimum atomic E-state index is 0.230. The van der Waals surface area contributed by atoms with Gasteiger partial charge in [0.1, 0.15) is 0 Å². The summed E-state index contributed by atoms with van der Waals surface area (Å²) in [6, 6.07) is 0.230. The molecule has 0 aliphatic rings. The molecule has 0 aliphatic heterocycles. The first-order chi connectivity index (χ1) is 3.81. The SMILES string of the molecule is C=C/C=N\C(C)CN. The molecule has 0 amide bonds. The molecule has 0 aromatic rings. The highest BCUT2D eigenvalue weighted by atomic mass is 14.8. The molecule has 46 valence electrons. The van der Waals surface area contributed by atoms with Crippen molar-refractivity contribution in [1.29, 1.82) is 0 Å². The van der Waals surface area contributed by atoms with E-state index in [-0.39, 0.29) is 6.04 Å². The largest absolute Gasteiger partial charge is 0.328 e. The molecule has 0 fully saturated rings. The number of aliphatic imine (C=N–C) groups is 1. The summed E-state index contributed by atoms with van der Waals surface area (Å²) in [6.07, 6.45) is 3.31. The van der Waals surface area contributed by atoms with Crippen LogP contribution in [0.25, 0.3) is 0 Å². The second-order valence-corrected chi connectivity index (χ2v) is 1.62. The van der Waals surface area contributed by atoms with Gasteiger partial charge in [-0.25, -0.2) is 0 Å². The third-order valence-electron chi connectivity index (χ3n) is 0.787. The van der Waals surface area contributed by atoms with Crippen molar-refractivity contribution in [2.75, 3.05) is 6.54 Å². The van der Waals surface area contributed by atoms with Gasteiger partial charge in [0.05, 0.1) is 6.04 Å². The maximum absolute atomic E-state index is 5.26. The Morgan fingerprint density at radius 1 is 1.88 bits per heavy atom. The van der Waals surface area contributed by atoms with Crippen molar-refractivity contribution in [3.63, 3.8) is 0 Å². The van der Waals surface area contributed by atoms with E-state index in [0.29, 0.717) is 6.54 Å². The van der Waals surface area contributed by atoms with E-state index >= 15 is 0 Å². The Morgan fingerprint density at radius 2 is 2.50 bits per heavy atom. The average molecular weight is 112 g/mol. The topological polar surface area (TPSA) is 38.4 Å². The van der Waals surface area contributed by atoms with Gasteiger partial charge >= 0.3 is 0 Å². The lowest BCUT2D eigenvalue weighted by atomic mass is 10.4. The van der Waals surface area contributed by atoms with Gasteiger partial charge < -0.3 is 5.73 Å². The lowest BCUT2D eigenvalue weighted by Gasteiger charge is -1.96. The van der Waals surface area contributed by atoms with Crippen LogP contribution in [0.3, 0.4) is 0 Å². The quantitative estimate of drug-likeness (QED) is 0.533. The van der Waals surface area contributed by atoms with Crippen LogP contribution in [0.1, 0.15) is 6.92 Å². The summed E-state index contributed by atoms with van der Waals surface area (Å²) in [5.41, 5.74) is 5.26. The maximum atomic E-state index is 5.26. The molecule has 0 saturated heterocycles. The summed E-state index contributed by atoms with van der Waals surface area (Å²) in [6.45, 7) is 6.04. The Hall–Kier alpha value is -0.630. The molecule has 8 heavy (non-hydrogen) atoms. The first-order valence-electron chi connectivity index (χ1n) is 2.65. The molecular weight excluding hydrogens is 100 g/mol. The molecule has 0 heterocycles. The van der Waals surface area contributed by atoms with Crippen molar-refractivity contribution in [2.45, 2.75) is 13.0 Å². The standard InChI is InChI=1S/C6H12N2/c1-3-4-8-6(2)5-7/h3-4,6H,1,5,7H2,2H3/b8-4-. The maximum Gasteiger partial charge on any atom is 0.0593 e. The van der Waals surface area contributed by atoms with Gasteiger partial charge in [0.25, 0.3) is 0 Å². The number of nitrogens with two attached hydrogens (primary N) is 1. The second kappa shape index (κ2) is 4.53. The fourth-order valence-corrected chi connectivity index (χ4v) is 0.269. The number of allylic oxidation sites excluding steroid dienone is 1. The van der Waals surface area contributed by atoms with Gasteiger partial charge in [0, 0.05) is 12.8 Å². The Kier molecular flexibility index (Phi) is 4.17. The summed E-state index contributed by atoms with van der Waals surface area (Å²) < 4.78 is 0. The first-order valence-corrected chi connectivity index (χ1v) is 2.65. The van der Waals surface area contributed by atoms with E-state index in [1.54, 1.807) is 12.3 Å². The summed E-state index contributed by atoms with van der Waals surface area (Å²) in [5, 5.41) is 0. The minimum absolute atomic E-state index is 0.230. The van der Waals surface area contributed by atoms with Crippen molar-refractivity contribution in [2.24, 2.45) is 10.7 Å². The van der Waals surface area contributed by atoms with Crippen LogP contribution in [0.4, 0.5) is 0 Å². The molecular formula is C6H12N2. The molecule has 2 nitrogen and oxygen atoms in total. The summed E-state index contributed by atoms with van der Waals surface area (Å²) >= 11 is 0. The van der Waals surface area contributed by atoms with Crippen LogP contribution in [0.2, 0.25) is 0 Å². The number of rotatable bonds is 3. The van der Waals surface area contributed by atoms with Crippen molar-refractivity contribution in [3.05, 3.63) is 12.7 Å². The number of hydrogen-bond acceptors (Lipinski definition) is 2. The minimum Gasteiger partial charge on any atom is -0.328 e. The Bertz CT molecular complexity index is 86.5. The van der Waals surface area contributed by atoms with Gasteiger partial charge in [0.2, 0.25) is 0 Å². The molecule has 0 radical (unpaired) electrons. The zero-order chi connectivity index (χ0) is 6.41. The van der Waals surface area contributed by atoms with Crippen LogP contribution in [0, 0.1) is 0 Å². The highest BCUT2D eigenvalue weighted by Crippen LogP contribution is 1.81. The predicted octanol–water partition coefficient (Wildman–Crippen LogP) is 0.590. The van der Waals surface area contributed by atoms with Crippen molar-refractivity contribution < 1.29 is 0 Å². The van der Waals surface area contributed by atoms with Gasteiger partial charge in [0.15, 0.2) is 0 Å². The summed E-state index contributed by atoms with van der Waals surface area (Å²) in [7, 11) is 0. The van der Waals surface area contributed by atoms with Gasteiger partial charge in [-0.2, -0.15) is 0 Å². The van der Waals surface area contributed by atoms with E-state index < -0.39 is 0 Å². The molecule has 1 unspecified atom stereocenters. The van der Waals surface area contributed by atoms with Crippen LogP contribution in [-0.2, 0) is 0 Å². The van der Waals surface area contributed by atoms with Crippen molar-refractivity contribution in [1.82, 2.24) is 0 Å². The van der Waals surface area contributed by atoms with Gasteiger partial charge in [-0.1, -0.05) is 12.7 Å². The molecule has 0 aliphatic carbocycles. The number of nitrogens with zero attached hydrogens (tertiary/aromatic N) is 1. The van der Waals surface area contributed by atoms with E-state index in [9.17, 15) is 0 Å². The fourth-order valence-electron chi connectivity index (χ4n) is 0.269. The van der Waals surface area contributed by atoms with Gasteiger partial charge in [-0.05, 0) is 6.92 Å². The Balaban J connectivity index is 3.35. The third-order valence-corrected chi connectivity index (χ3v) is 0.787. The predicted molar refractivity (Wildman–Crippen MR) is 37.2 cm³/mol. The lowest BCUT2D eigenvalue weighted by Crippen LogP contribution is -2.13. The highest BCUT2D eigenvalue weighted by Gasteiger charge is 1.87. The molecule has 1 atom stereocenters. The first kappa shape index (κ1) is 7.37. The molecule has 0 bridgehead atoms. The normalized spacial score (nSPS) is 14.2. The van der Waals surface area contributed by atoms with Gasteiger partial charge in [-0.3, -0.25) is 4.99 Å². The zero-order valence-corrected chi connectivity index (χ0v) is 5.17. The van der Waals surface area contributed by atoms with Crippen LogP contribution in [-0.4, -0.2) is 18.8 Å². The van der Waals surface area contributed by atoms with Crippen LogP contribution < -0.4 is 5.73 Å². The number of hydrogen-bond donors (Lipinski definition) is 1. The van der Waals surface area contributed by atoms with E-state index in [0.717, 1.165) is 0 Å².